The monoisotopic (exact) mass is 271 g/mol. The van der Waals surface area contributed by atoms with Crippen LogP contribution < -0.4 is 5.73 Å². The lowest BCUT2D eigenvalue weighted by Gasteiger charge is -2.10. The summed E-state index contributed by atoms with van der Waals surface area (Å²) >= 11 is 0. The van der Waals surface area contributed by atoms with E-state index >= 15 is 0 Å². The number of halogens is 2. The molecule has 0 amide bonds. The number of esters is 1. The van der Waals surface area contributed by atoms with Gasteiger partial charge in [0.2, 0.25) is 0 Å². The van der Waals surface area contributed by atoms with Gasteiger partial charge in [-0.25, -0.2) is 13.6 Å². The van der Waals surface area contributed by atoms with Crippen molar-refractivity contribution in [2.75, 3.05) is 18.9 Å². The van der Waals surface area contributed by atoms with Crippen molar-refractivity contribution in [1.29, 1.82) is 0 Å². The van der Waals surface area contributed by atoms with Gasteiger partial charge < -0.3 is 15.2 Å². The smallest absolute Gasteiger partial charge is 0.340 e. The lowest BCUT2D eigenvalue weighted by atomic mass is 10.1. The summed E-state index contributed by atoms with van der Waals surface area (Å²) in [5.74, 6) is -2.97. The molecule has 1 heterocycles. The quantitative estimate of drug-likeness (QED) is 0.674. The third kappa shape index (κ3) is 3.41. The minimum absolute atomic E-state index is 0.107. The predicted molar refractivity (Wildman–Crippen MR) is 64.6 cm³/mol. The summed E-state index contributed by atoms with van der Waals surface area (Å²) in [5, 5.41) is 0. The maximum Gasteiger partial charge on any atom is 0.340 e. The highest BCUT2D eigenvalue weighted by molar-refractivity contribution is 5.95. The highest BCUT2D eigenvalue weighted by Crippen LogP contribution is 2.19. The molecule has 104 valence electrons. The van der Waals surface area contributed by atoms with Gasteiger partial charge in [0.15, 0.2) is 11.6 Å². The highest BCUT2D eigenvalue weighted by atomic mass is 19.2. The van der Waals surface area contributed by atoms with E-state index in [1.54, 1.807) is 0 Å². The molecule has 1 fully saturated rings. The van der Waals surface area contributed by atoms with Crippen molar-refractivity contribution in [2.24, 2.45) is 0 Å². The van der Waals surface area contributed by atoms with E-state index in [0.717, 1.165) is 31.6 Å². The van der Waals surface area contributed by atoms with Gasteiger partial charge in [0.1, 0.15) is 0 Å². The van der Waals surface area contributed by atoms with Crippen LogP contribution in [0.5, 0.6) is 0 Å². The first kappa shape index (κ1) is 13.7. The van der Waals surface area contributed by atoms with Gasteiger partial charge in [0.25, 0.3) is 0 Å². The molecular formula is C13H15F2NO3. The summed E-state index contributed by atoms with van der Waals surface area (Å²) in [4.78, 5) is 11.7. The Kier molecular flexibility index (Phi) is 4.31. The summed E-state index contributed by atoms with van der Waals surface area (Å²) in [7, 11) is 0. The Morgan fingerprint density at radius 1 is 1.42 bits per heavy atom. The molecule has 1 aromatic rings. The number of carbonyl (C=O) groups is 1. The van der Waals surface area contributed by atoms with Crippen LogP contribution in [0.2, 0.25) is 0 Å². The Balaban J connectivity index is 1.90. The minimum Gasteiger partial charge on any atom is -0.462 e. The molecule has 1 aliphatic heterocycles. The van der Waals surface area contributed by atoms with E-state index in [1.807, 2.05) is 0 Å². The van der Waals surface area contributed by atoms with Crippen LogP contribution in [0.4, 0.5) is 14.5 Å². The molecule has 0 bridgehead atoms. The van der Waals surface area contributed by atoms with Crippen LogP contribution in [0, 0.1) is 11.6 Å². The largest absolute Gasteiger partial charge is 0.462 e. The third-order valence-electron chi connectivity index (χ3n) is 3.01. The molecule has 1 unspecified atom stereocenters. The SMILES string of the molecule is Nc1cc(F)c(F)cc1C(=O)OCCC1CCCO1. The number of carbonyl (C=O) groups excluding carboxylic acids is 1. The topological polar surface area (TPSA) is 61.6 Å². The number of ether oxygens (including phenoxy) is 2. The summed E-state index contributed by atoms with van der Waals surface area (Å²) in [6.45, 7) is 0.899. The van der Waals surface area contributed by atoms with Crippen molar-refractivity contribution in [3.05, 3.63) is 29.3 Å². The molecule has 0 aliphatic carbocycles. The molecule has 1 saturated heterocycles. The summed E-state index contributed by atoms with van der Waals surface area (Å²) < 4.78 is 36.2. The van der Waals surface area contributed by atoms with Crippen LogP contribution in [0.15, 0.2) is 12.1 Å². The zero-order valence-corrected chi connectivity index (χ0v) is 10.3. The van der Waals surface area contributed by atoms with Crippen LogP contribution in [0.3, 0.4) is 0 Å². The highest BCUT2D eigenvalue weighted by Gasteiger charge is 2.18. The van der Waals surface area contributed by atoms with Crippen molar-refractivity contribution < 1.29 is 23.0 Å². The zero-order chi connectivity index (χ0) is 13.8. The fraction of sp³-hybridized carbons (Fsp3) is 0.462. The van der Waals surface area contributed by atoms with E-state index in [1.165, 1.54) is 0 Å². The fourth-order valence-electron chi connectivity index (χ4n) is 1.97. The lowest BCUT2D eigenvalue weighted by Crippen LogP contribution is -2.14. The van der Waals surface area contributed by atoms with Crippen LogP contribution in [-0.2, 0) is 9.47 Å². The number of nitrogen functional groups attached to an aromatic ring is 1. The Morgan fingerprint density at radius 3 is 2.84 bits per heavy atom. The molecular weight excluding hydrogens is 256 g/mol. The number of hydrogen-bond acceptors (Lipinski definition) is 4. The van der Waals surface area contributed by atoms with Crippen LogP contribution in [0.25, 0.3) is 0 Å². The van der Waals surface area contributed by atoms with Gasteiger partial charge in [0, 0.05) is 24.8 Å². The Bertz CT molecular complexity index is 473. The van der Waals surface area contributed by atoms with Gasteiger partial charge in [-0.05, 0) is 18.9 Å². The van der Waals surface area contributed by atoms with Crippen molar-refractivity contribution in [3.63, 3.8) is 0 Å². The average molecular weight is 271 g/mol. The summed E-state index contributed by atoms with van der Waals surface area (Å²) in [6.07, 6.45) is 2.66. The second kappa shape index (κ2) is 5.97. The van der Waals surface area contributed by atoms with Gasteiger partial charge in [-0.2, -0.15) is 0 Å². The van der Waals surface area contributed by atoms with E-state index in [9.17, 15) is 13.6 Å². The standard InChI is InChI=1S/C13H15F2NO3/c14-10-6-9(12(16)7-11(10)15)13(17)19-5-3-8-2-1-4-18-8/h6-8H,1-5,16H2. The van der Waals surface area contributed by atoms with Crippen LogP contribution in [0.1, 0.15) is 29.6 Å². The molecule has 19 heavy (non-hydrogen) atoms. The fourth-order valence-corrected chi connectivity index (χ4v) is 1.97. The maximum absolute atomic E-state index is 13.0. The molecule has 2 rings (SSSR count). The molecule has 1 aromatic carbocycles. The predicted octanol–water partition coefficient (Wildman–Crippen LogP) is 2.27. The van der Waals surface area contributed by atoms with E-state index in [2.05, 4.69) is 0 Å². The summed E-state index contributed by atoms with van der Waals surface area (Å²) in [5.41, 5.74) is 5.15. The Morgan fingerprint density at radius 2 is 2.16 bits per heavy atom. The molecule has 0 aromatic heterocycles. The molecule has 0 saturated carbocycles. The molecule has 1 atom stereocenters. The number of nitrogens with two attached hydrogens (primary N) is 1. The number of benzene rings is 1. The second-order valence-corrected chi connectivity index (χ2v) is 4.41. The number of hydrogen-bond donors (Lipinski definition) is 1. The number of rotatable bonds is 4. The lowest BCUT2D eigenvalue weighted by molar-refractivity contribution is 0.0386. The molecule has 0 spiro atoms. The molecule has 6 heteroatoms. The van der Waals surface area contributed by atoms with Crippen LogP contribution >= 0.6 is 0 Å². The molecule has 2 N–H and O–H groups in total. The second-order valence-electron chi connectivity index (χ2n) is 4.41. The maximum atomic E-state index is 13.0. The number of anilines is 1. The van der Waals surface area contributed by atoms with Gasteiger partial charge in [-0.3, -0.25) is 0 Å². The summed E-state index contributed by atoms with van der Waals surface area (Å²) in [6, 6.07) is 1.52. The van der Waals surface area contributed by atoms with Crippen molar-refractivity contribution in [2.45, 2.75) is 25.4 Å². The molecule has 0 radical (unpaired) electrons. The third-order valence-corrected chi connectivity index (χ3v) is 3.01. The first-order chi connectivity index (χ1) is 9.08. The van der Waals surface area contributed by atoms with Gasteiger partial charge in [-0.15, -0.1) is 0 Å². The van der Waals surface area contributed by atoms with E-state index < -0.39 is 17.6 Å². The van der Waals surface area contributed by atoms with Gasteiger partial charge in [0.05, 0.1) is 18.3 Å². The van der Waals surface area contributed by atoms with E-state index in [-0.39, 0.29) is 24.0 Å². The molecule has 1 aliphatic rings. The van der Waals surface area contributed by atoms with Crippen molar-refractivity contribution in [1.82, 2.24) is 0 Å². The van der Waals surface area contributed by atoms with Gasteiger partial charge >= 0.3 is 5.97 Å². The average Bonchev–Trinajstić information content (AvgIpc) is 2.86. The Labute approximate surface area is 109 Å². The van der Waals surface area contributed by atoms with Gasteiger partial charge in [-0.1, -0.05) is 0 Å². The zero-order valence-electron chi connectivity index (χ0n) is 10.3. The first-order valence-corrected chi connectivity index (χ1v) is 6.11. The first-order valence-electron chi connectivity index (χ1n) is 6.11. The molecule has 4 nitrogen and oxygen atoms in total. The van der Waals surface area contributed by atoms with E-state index in [4.69, 9.17) is 15.2 Å². The van der Waals surface area contributed by atoms with Crippen LogP contribution in [-0.4, -0.2) is 25.3 Å². The minimum atomic E-state index is -1.12. The van der Waals surface area contributed by atoms with E-state index in [0.29, 0.717) is 6.42 Å². The normalized spacial score (nSPS) is 18.5. The van der Waals surface area contributed by atoms with Crippen molar-refractivity contribution >= 4 is 11.7 Å². The Hall–Kier alpha value is -1.69. The van der Waals surface area contributed by atoms with Crippen molar-refractivity contribution in [3.8, 4) is 0 Å².